The number of ether oxygens (including phenoxy) is 2. The molecule has 0 amide bonds. The van der Waals surface area contributed by atoms with E-state index in [2.05, 4.69) is 6.92 Å². The van der Waals surface area contributed by atoms with Gasteiger partial charge < -0.3 is 15.2 Å². The molecular formula is C13H21NO2. The summed E-state index contributed by atoms with van der Waals surface area (Å²) >= 11 is 0. The van der Waals surface area contributed by atoms with Crippen LogP contribution in [0.1, 0.15) is 37.8 Å². The number of benzene rings is 1. The van der Waals surface area contributed by atoms with E-state index in [1.54, 1.807) is 14.2 Å². The zero-order valence-electron chi connectivity index (χ0n) is 10.3. The van der Waals surface area contributed by atoms with E-state index in [1.807, 2.05) is 18.2 Å². The van der Waals surface area contributed by atoms with E-state index in [1.165, 1.54) is 0 Å². The Bertz CT molecular complexity index is 303. The largest absolute Gasteiger partial charge is 0.497 e. The van der Waals surface area contributed by atoms with Crippen LogP contribution in [0.5, 0.6) is 11.5 Å². The van der Waals surface area contributed by atoms with Crippen LogP contribution >= 0.6 is 0 Å². The summed E-state index contributed by atoms with van der Waals surface area (Å²) in [5.74, 6) is 1.59. The zero-order valence-corrected chi connectivity index (χ0v) is 10.3. The minimum Gasteiger partial charge on any atom is -0.497 e. The summed E-state index contributed by atoms with van der Waals surface area (Å²) in [5.41, 5.74) is 7.19. The molecule has 0 aromatic heterocycles. The van der Waals surface area contributed by atoms with Crippen molar-refractivity contribution in [2.75, 3.05) is 14.2 Å². The zero-order chi connectivity index (χ0) is 12.0. The number of nitrogens with two attached hydrogens (primary N) is 1. The molecule has 0 aliphatic heterocycles. The SMILES string of the molecule is CCCC[C@H](N)c1cc(OC)cc(OC)c1. The number of hydrogen-bond acceptors (Lipinski definition) is 3. The Labute approximate surface area is 97.6 Å². The molecule has 0 fully saturated rings. The molecular weight excluding hydrogens is 202 g/mol. The predicted octanol–water partition coefficient (Wildman–Crippen LogP) is 2.89. The van der Waals surface area contributed by atoms with Gasteiger partial charge in [0, 0.05) is 12.1 Å². The molecule has 90 valence electrons. The lowest BCUT2D eigenvalue weighted by molar-refractivity contribution is 0.392. The molecule has 2 N–H and O–H groups in total. The Balaban J connectivity index is 2.85. The van der Waals surface area contributed by atoms with Crippen molar-refractivity contribution >= 4 is 0 Å². The second-order valence-corrected chi connectivity index (χ2v) is 3.89. The van der Waals surface area contributed by atoms with Crippen molar-refractivity contribution in [3.63, 3.8) is 0 Å². The van der Waals surface area contributed by atoms with Gasteiger partial charge in [0.05, 0.1) is 14.2 Å². The first kappa shape index (κ1) is 12.8. The van der Waals surface area contributed by atoms with Crippen molar-refractivity contribution in [1.82, 2.24) is 0 Å². The van der Waals surface area contributed by atoms with Gasteiger partial charge in [-0.15, -0.1) is 0 Å². The van der Waals surface area contributed by atoms with Crippen LogP contribution in [0.15, 0.2) is 18.2 Å². The molecule has 0 bridgehead atoms. The highest BCUT2D eigenvalue weighted by atomic mass is 16.5. The topological polar surface area (TPSA) is 44.5 Å². The second kappa shape index (κ2) is 6.38. The van der Waals surface area contributed by atoms with Gasteiger partial charge in [0.1, 0.15) is 11.5 Å². The quantitative estimate of drug-likeness (QED) is 0.806. The summed E-state index contributed by atoms with van der Waals surface area (Å²) in [6.45, 7) is 2.17. The molecule has 0 saturated heterocycles. The van der Waals surface area contributed by atoms with Gasteiger partial charge in [-0.25, -0.2) is 0 Å². The van der Waals surface area contributed by atoms with Crippen molar-refractivity contribution in [2.45, 2.75) is 32.2 Å². The third kappa shape index (κ3) is 3.42. The van der Waals surface area contributed by atoms with E-state index in [4.69, 9.17) is 15.2 Å². The van der Waals surface area contributed by atoms with Gasteiger partial charge in [0.25, 0.3) is 0 Å². The van der Waals surface area contributed by atoms with E-state index >= 15 is 0 Å². The Kier molecular flexibility index (Phi) is 5.12. The van der Waals surface area contributed by atoms with E-state index in [0.717, 1.165) is 36.3 Å². The van der Waals surface area contributed by atoms with Gasteiger partial charge in [-0.05, 0) is 24.1 Å². The lowest BCUT2D eigenvalue weighted by Gasteiger charge is -2.14. The summed E-state index contributed by atoms with van der Waals surface area (Å²) in [6, 6.07) is 5.87. The maximum absolute atomic E-state index is 6.12. The molecule has 0 unspecified atom stereocenters. The first-order chi connectivity index (χ1) is 7.71. The Morgan fingerprint density at radius 2 is 1.69 bits per heavy atom. The van der Waals surface area contributed by atoms with Crippen LogP contribution in [0.4, 0.5) is 0 Å². The number of methoxy groups -OCH3 is 2. The molecule has 1 rings (SSSR count). The average Bonchev–Trinajstić information content (AvgIpc) is 2.35. The summed E-state index contributed by atoms with van der Waals surface area (Å²) in [4.78, 5) is 0. The molecule has 0 aliphatic rings. The van der Waals surface area contributed by atoms with Crippen LogP contribution in [-0.2, 0) is 0 Å². The fourth-order valence-electron chi connectivity index (χ4n) is 1.63. The number of hydrogen-bond donors (Lipinski definition) is 1. The monoisotopic (exact) mass is 223 g/mol. The smallest absolute Gasteiger partial charge is 0.122 e. The van der Waals surface area contributed by atoms with Gasteiger partial charge in [0.2, 0.25) is 0 Å². The number of unbranched alkanes of at least 4 members (excludes halogenated alkanes) is 1. The highest BCUT2D eigenvalue weighted by Gasteiger charge is 2.09. The third-order valence-corrected chi connectivity index (χ3v) is 2.67. The fourth-order valence-corrected chi connectivity index (χ4v) is 1.63. The molecule has 3 nitrogen and oxygen atoms in total. The van der Waals surface area contributed by atoms with Crippen molar-refractivity contribution < 1.29 is 9.47 Å². The molecule has 3 heteroatoms. The maximum Gasteiger partial charge on any atom is 0.122 e. The van der Waals surface area contributed by atoms with Crippen molar-refractivity contribution in [2.24, 2.45) is 5.73 Å². The van der Waals surface area contributed by atoms with E-state index in [0.29, 0.717) is 0 Å². The molecule has 0 aliphatic carbocycles. The molecule has 16 heavy (non-hydrogen) atoms. The molecule has 0 radical (unpaired) electrons. The second-order valence-electron chi connectivity index (χ2n) is 3.89. The molecule has 0 spiro atoms. The predicted molar refractivity (Wildman–Crippen MR) is 66.0 cm³/mol. The Hall–Kier alpha value is -1.22. The van der Waals surface area contributed by atoms with Crippen LogP contribution in [-0.4, -0.2) is 14.2 Å². The van der Waals surface area contributed by atoms with Crippen LogP contribution < -0.4 is 15.2 Å². The summed E-state index contributed by atoms with van der Waals surface area (Å²) in [5, 5.41) is 0. The Morgan fingerprint density at radius 1 is 1.12 bits per heavy atom. The van der Waals surface area contributed by atoms with E-state index in [-0.39, 0.29) is 6.04 Å². The van der Waals surface area contributed by atoms with Gasteiger partial charge in [-0.1, -0.05) is 19.8 Å². The van der Waals surface area contributed by atoms with E-state index in [9.17, 15) is 0 Å². The van der Waals surface area contributed by atoms with Crippen molar-refractivity contribution in [1.29, 1.82) is 0 Å². The summed E-state index contributed by atoms with van der Waals surface area (Å²) < 4.78 is 10.4. The molecule has 1 aromatic rings. The van der Waals surface area contributed by atoms with Crippen molar-refractivity contribution in [3.8, 4) is 11.5 Å². The lowest BCUT2D eigenvalue weighted by atomic mass is 10.0. The van der Waals surface area contributed by atoms with E-state index < -0.39 is 0 Å². The highest BCUT2D eigenvalue weighted by molar-refractivity contribution is 5.39. The first-order valence-electron chi connectivity index (χ1n) is 5.69. The minimum absolute atomic E-state index is 0.0592. The van der Waals surface area contributed by atoms with Crippen molar-refractivity contribution in [3.05, 3.63) is 23.8 Å². The molecule has 0 heterocycles. The van der Waals surface area contributed by atoms with Gasteiger partial charge >= 0.3 is 0 Å². The van der Waals surface area contributed by atoms with Gasteiger partial charge in [-0.2, -0.15) is 0 Å². The van der Waals surface area contributed by atoms with Crippen LogP contribution in [0.25, 0.3) is 0 Å². The summed E-state index contributed by atoms with van der Waals surface area (Å²) in [7, 11) is 3.30. The van der Waals surface area contributed by atoms with Crippen LogP contribution in [0.2, 0.25) is 0 Å². The normalized spacial score (nSPS) is 12.2. The molecule has 1 atom stereocenters. The molecule has 1 aromatic carbocycles. The highest BCUT2D eigenvalue weighted by Crippen LogP contribution is 2.27. The third-order valence-electron chi connectivity index (χ3n) is 2.67. The standard InChI is InChI=1S/C13H21NO2/c1-4-5-6-13(14)10-7-11(15-2)9-12(8-10)16-3/h7-9,13H,4-6,14H2,1-3H3/t13-/m0/s1. The Morgan fingerprint density at radius 3 is 2.12 bits per heavy atom. The van der Waals surface area contributed by atoms with Gasteiger partial charge in [0.15, 0.2) is 0 Å². The van der Waals surface area contributed by atoms with Crippen LogP contribution in [0, 0.1) is 0 Å². The first-order valence-corrected chi connectivity index (χ1v) is 5.69. The fraction of sp³-hybridized carbons (Fsp3) is 0.538. The lowest BCUT2D eigenvalue weighted by Crippen LogP contribution is -2.10. The summed E-state index contributed by atoms with van der Waals surface area (Å²) in [6.07, 6.45) is 3.29. The average molecular weight is 223 g/mol. The van der Waals surface area contributed by atoms with Crippen LogP contribution in [0.3, 0.4) is 0 Å². The maximum atomic E-state index is 6.12. The minimum atomic E-state index is 0.0592. The molecule has 0 saturated carbocycles. The number of rotatable bonds is 6. The van der Waals surface area contributed by atoms with Gasteiger partial charge in [-0.3, -0.25) is 0 Å².